The molecule has 2 fully saturated rings. The summed E-state index contributed by atoms with van der Waals surface area (Å²) in [6.07, 6.45) is 2.78. The highest BCUT2D eigenvalue weighted by atomic mass is 16.2. The van der Waals surface area contributed by atoms with Crippen molar-refractivity contribution in [3.63, 3.8) is 0 Å². The van der Waals surface area contributed by atoms with Crippen LogP contribution in [0.1, 0.15) is 26.2 Å². The molecule has 3 unspecified atom stereocenters. The van der Waals surface area contributed by atoms with Crippen LogP contribution in [0.5, 0.6) is 0 Å². The Labute approximate surface area is 102 Å². The Morgan fingerprint density at radius 2 is 2.24 bits per heavy atom. The standard InChI is InChI=1S/C12H21N3O2/c1-8-2-3-9(13)6-10(8)12(17)15-5-4-14-11(16)7-15/h8-10H,2-7,13H2,1H3,(H,14,16). The number of rotatable bonds is 1. The Balaban J connectivity index is 2.00. The summed E-state index contributed by atoms with van der Waals surface area (Å²) in [7, 11) is 0. The van der Waals surface area contributed by atoms with Gasteiger partial charge in [0.2, 0.25) is 11.8 Å². The Morgan fingerprint density at radius 1 is 1.47 bits per heavy atom. The molecule has 17 heavy (non-hydrogen) atoms. The van der Waals surface area contributed by atoms with Crippen molar-refractivity contribution >= 4 is 11.8 Å². The first-order chi connectivity index (χ1) is 8.08. The predicted octanol–water partition coefficient (Wildman–Crippen LogP) is -0.292. The van der Waals surface area contributed by atoms with Gasteiger partial charge in [-0.05, 0) is 25.2 Å². The Morgan fingerprint density at radius 3 is 2.94 bits per heavy atom. The highest BCUT2D eigenvalue weighted by Crippen LogP contribution is 2.30. The maximum absolute atomic E-state index is 12.3. The third-order valence-electron chi connectivity index (χ3n) is 3.90. The van der Waals surface area contributed by atoms with E-state index < -0.39 is 0 Å². The van der Waals surface area contributed by atoms with Crippen molar-refractivity contribution in [2.75, 3.05) is 19.6 Å². The summed E-state index contributed by atoms with van der Waals surface area (Å²) >= 11 is 0. The van der Waals surface area contributed by atoms with E-state index in [-0.39, 0.29) is 30.3 Å². The number of amides is 2. The number of nitrogens with two attached hydrogens (primary N) is 1. The van der Waals surface area contributed by atoms with Crippen LogP contribution >= 0.6 is 0 Å². The second-order valence-electron chi connectivity index (χ2n) is 5.27. The van der Waals surface area contributed by atoms with E-state index in [0.717, 1.165) is 19.3 Å². The van der Waals surface area contributed by atoms with E-state index in [1.54, 1.807) is 4.90 Å². The van der Waals surface area contributed by atoms with Crippen molar-refractivity contribution in [1.82, 2.24) is 10.2 Å². The minimum atomic E-state index is -0.0580. The number of hydrogen-bond acceptors (Lipinski definition) is 3. The topological polar surface area (TPSA) is 75.4 Å². The lowest BCUT2D eigenvalue weighted by Crippen LogP contribution is -2.53. The molecular formula is C12H21N3O2. The van der Waals surface area contributed by atoms with Gasteiger partial charge < -0.3 is 16.0 Å². The molecular weight excluding hydrogens is 218 g/mol. The number of piperazine rings is 1. The third-order valence-corrected chi connectivity index (χ3v) is 3.90. The lowest BCUT2D eigenvalue weighted by atomic mass is 9.77. The van der Waals surface area contributed by atoms with E-state index in [2.05, 4.69) is 12.2 Å². The van der Waals surface area contributed by atoms with Crippen molar-refractivity contribution in [2.45, 2.75) is 32.2 Å². The number of hydrogen-bond donors (Lipinski definition) is 2. The quantitative estimate of drug-likeness (QED) is 0.660. The molecule has 0 aromatic heterocycles. The van der Waals surface area contributed by atoms with Crippen LogP contribution in [0.4, 0.5) is 0 Å². The summed E-state index contributed by atoms with van der Waals surface area (Å²) in [5.41, 5.74) is 5.93. The van der Waals surface area contributed by atoms with Crippen LogP contribution in [0.2, 0.25) is 0 Å². The van der Waals surface area contributed by atoms with Gasteiger partial charge >= 0.3 is 0 Å². The van der Waals surface area contributed by atoms with Crippen LogP contribution in [0.3, 0.4) is 0 Å². The lowest BCUT2D eigenvalue weighted by Gasteiger charge is -2.36. The maximum Gasteiger partial charge on any atom is 0.239 e. The molecule has 1 heterocycles. The third kappa shape index (κ3) is 2.77. The molecule has 5 heteroatoms. The number of nitrogens with zero attached hydrogens (tertiary/aromatic N) is 1. The molecule has 2 aliphatic rings. The van der Waals surface area contributed by atoms with Gasteiger partial charge in [0.25, 0.3) is 0 Å². The fourth-order valence-electron chi connectivity index (χ4n) is 2.76. The Hall–Kier alpha value is -1.10. The second kappa shape index (κ2) is 5.04. The molecule has 0 aromatic rings. The largest absolute Gasteiger partial charge is 0.353 e. The molecule has 1 saturated carbocycles. The summed E-state index contributed by atoms with van der Waals surface area (Å²) in [4.78, 5) is 25.3. The normalized spacial score (nSPS) is 34.4. The summed E-state index contributed by atoms with van der Waals surface area (Å²) in [6, 6.07) is 0.138. The fourth-order valence-corrected chi connectivity index (χ4v) is 2.76. The molecule has 0 aromatic carbocycles. The van der Waals surface area contributed by atoms with Gasteiger partial charge in [0.15, 0.2) is 0 Å². The molecule has 1 aliphatic heterocycles. The van der Waals surface area contributed by atoms with Crippen LogP contribution in [-0.2, 0) is 9.59 Å². The second-order valence-corrected chi connectivity index (χ2v) is 5.27. The zero-order chi connectivity index (χ0) is 12.4. The van der Waals surface area contributed by atoms with E-state index >= 15 is 0 Å². The summed E-state index contributed by atoms with van der Waals surface area (Å²) in [5.74, 6) is 0.441. The van der Waals surface area contributed by atoms with E-state index in [9.17, 15) is 9.59 Å². The van der Waals surface area contributed by atoms with Crippen LogP contribution in [0.25, 0.3) is 0 Å². The van der Waals surface area contributed by atoms with Crippen molar-refractivity contribution < 1.29 is 9.59 Å². The Bertz CT molecular complexity index is 319. The molecule has 3 N–H and O–H groups in total. The van der Waals surface area contributed by atoms with Gasteiger partial charge in [-0.15, -0.1) is 0 Å². The van der Waals surface area contributed by atoms with E-state index in [1.165, 1.54) is 0 Å². The molecule has 0 bridgehead atoms. The highest BCUT2D eigenvalue weighted by molar-refractivity contribution is 5.87. The van der Waals surface area contributed by atoms with E-state index in [4.69, 9.17) is 5.73 Å². The maximum atomic E-state index is 12.3. The number of nitrogens with one attached hydrogen (secondary N) is 1. The molecule has 5 nitrogen and oxygen atoms in total. The molecule has 0 spiro atoms. The molecule has 2 rings (SSSR count). The number of carbonyl (C=O) groups excluding carboxylic acids is 2. The SMILES string of the molecule is CC1CCC(N)CC1C(=O)N1CCNC(=O)C1. The van der Waals surface area contributed by atoms with E-state index in [0.29, 0.717) is 19.0 Å². The van der Waals surface area contributed by atoms with Crippen molar-refractivity contribution in [2.24, 2.45) is 17.6 Å². The molecule has 96 valence electrons. The van der Waals surface area contributed by atoms with Gasteiger partial charge in [0, 0.05) is 25.0 Å². The van der Waals surface area contributed by atoms with Gasteiger partial charge in [-0.3, -0.25) is 9.59 Å². The fraction of sp³-hybridized carbons (Fsp3) is 0.833. The van der Waals surface area contributed by atoms with Gasteiger partial charge in [0.1, 0.15) is 0 Å². The number of carbonyl (C=O) groups is 2. The minimum Gasteiger partial charge on any atom is -0.353 e. The molecule has 1 aliphatic carbocycles. The Kier molecular flexibility index (Phi) is 3.66. The average molecular weight is 239 g/mol. The van der Waals surface area contributed by atoms with Gasteiger partial charge in [-0.25, -0.2) is 0 Å². The van der Waals surface area contributed by atoms with Gasteiger partial charge in [0.05, 0.1) is 6.54 Å². The zero-order valence-corrected chi connectivity index (χ0v) is 10.3. The smallest absolute Gasteiger partial charge is 0.239 e. The first kappa shape index (κ1) is 12.4. The highest BCUT2D eigenvalue weighted by Gasteiger charge is 2.35. The van der Waals surface area contributed by atoms with Crippen molar-refractivity contribution in [3.8, 4) is 0 Å². The lowest BCUT2D eigenvalue weighted by molar-refractivity contribution is -0.143. The first-order valence-corrected chi connectivity index (χ1v) is 6.39. The zero-order valence-electron chi connectivity index (χ0n) is 10.3. The monoisotopic (exact) mass is 239 g/mol. The summed E-state index contributed by atoms with van der Waals surface area (Å²) < 4.78 is 0. The van der Waals surface area contributed by atoms with Crippen LogP contribution in [0, 0.1) is 11.8 Å². The summed E-state index contributed by atoms with van der Waals surface area (Å²) in [6.45, 7) is 3.51. The molecule has 3 atom stereocenters. The molecule has 1 saturated heterocycles. The van der Waals surface area contributed by atoms with Crippen molar-refractivity contribution in [1.29, 1.82) is 0 Å². The van der Waals surface area contributed by atoms with Gasteiger partial charge in [-0.1, -0.05) is 6.92 Å². The van der Waals surface area contributed by atoms with Crippen LogP contribution in [0.15, 0.2) is 0 Å². The van der Waals surface area contributed by atoms with Crippen LogP contribution < -0.4 is 11.1 Å². The minimum absolute atomic E-state index is 0.00431. The molecule has 2 amide bonds. The summed E-state index contributed by atoms with van der Waals surface area (Å²) in [5, 5.41) is 2.73. The molecule has 0 radical (unpaired) electrons. The predicted molar refractivity (Wildman–Crippen MR) is 64.1 cm³/mol. The van der Waals surface area contributed by atoms with Crippen molar-refractivity contribution in [3.05, 3.63) is 0 Å². The van der Waals surface area contributed by atoms with E-state index in [1.807, 2.05) is 0 Å². The van der Waals surface area contributed by atoms with Gasteiger partial charge in [-0.2, -0.15) is 0 Å². The van der Waals surface area contributed by atoms with Crippen LogP contribution in [-0.4, -0.2) is 42.4 Å². The first-order valence-electron chi connectivity index (χ1n) is 6.39. The average Bonchev–Trinajstić information content (AvgIpc) is 2.31.